The zero-order chi connectivity index (χ0) is 13.3. The van der Waals surface area contributed by atoms with Crippen LogP contribution < -0.4 is 0 Å². The molecule has 1 aromatic rings. The lowest BCUT2D eigenvalue weighted by molar-refractivity contribution is -0.139. The van der Waals surface area contributed by atoms with Gasteiger partial charge in [-0.05, 0) is 17.7 Å². The van der Waals surface area contributed by atoms with Gasteiger partial charge in [0.15, 0.2) is 0 Å². The lowest BCUT2D eigenvalue weighted by Gasteiger charge is -2.23. The summed E-state index contributed by atoms with van der Waals surface area (Å²) in [6.07, 6.45) is -4.49. The summed E-state index contributed by atoms with van der Waals surface area (Å²) >= 11 is 0. The molecule has 1 aromatic carbocycles. The van der Waals surface area contributed by atoms with E-state index in [4.69, 9.17) is 5.11 Å². The van der Waals surface area contributed by atoms with E-state index in [1.54, 1.807) is 13.8 Å². The van der Waals surface area contributed by atoms with Crippen molar-refractivity contribution in [3.63, 3.8) is 0 Å². The van der Waals surface area contributed by atoms with Crippen molar-refractivity contribution in [3.8, 4) is 0 Å². The molecule has 0 bridgehead atoms. The maximum absolute atomic E-state index is 12.3. The third kappa shape index (κ3) is 3.47. The molecule has 0 aliphatic heterocycles. The van der Waals surface area contributed by atoms with Crippen molar-refractivity contribution in [2.45, 2.75) is 31.9 Å². The first kappa shape index (κ1) is 13.5. The lowest BCUT2D eigenvalue weighted by atomic mass is 9.81. The highest BCUT2D eigenvalue weighted by Crippen LogP contribution is 2.32. The first-order valence-corrected chi connectivity index (χ1v) is 5.02. The minimum atomic E-state index is -4.37. The van der Waals surface area contributed by atoms with E-state index < -0.39 is 23.1 Å². The van der Waals surface area contributed by atoms with Gasteiger partial charge >= 0.3 is 12.1 Å². The molecule has 5 heteroatoms. The van der Waals surface area contributed by atoms with E-state index in [0.29, 0.717) is 5.56 Å². The van der Waals surface area contributed by atoms with Crippen LogP contribution in [-0.2, 0) is 16.4 Å². The number of alkyl halides is 3. The fraction of sp³-hybridized carbons (Fsp3) is 0.417. The normalized spacial score (nSPS) is 12.5. The number of hydrogen-bond acceptors (Lipinski definition) is 1. The highest BCUT2D eigenvalue weighted by atomic mass is 19.4. The van der Waals surface area contributed by atoms with Crippen LogP contribution in [-0.4, -0.2) is 11.1 Å². The van der Waals surface area contributed by atoms with Gasteiger partial charge in [0.1, 0.15) is 0 Å². The predicted molar refractivity (Wildman–Crippen MR) is 56.7 cm³/mol. The van der Waals surface area contributed by atoms with Crippen LogP contribution in [0, 0.1) is 0 Å². The van der Waals surface area contributed by atoms with Gasteiger partial charge in [0.2, 0.25) is 0 Å². The van der Waals surface area contributed by atoms with E-state index in [-0.39, 0.29) is 6.42 Å². The maximum Gasteiger partial charge on any atom is 0.416 e. The molecule has 2 nitrogen and oxygen atoms in total. The summed E-state index contributed by atoms with van der Waals surface area (Å²) in [6, 6.07) is 4.59. The number of carbonyl (C=O) groups is 1. The number of carboxylic acid groups (broad SMARTS) is 1. The van der Waals surface area contributed by atoms with Crippen LogP contribution in [0.4, 0.5) is 13.2 Å². The van der Waals surface area contributed by atoms with Crippen molar-refractivity contribution >= 4 is 5.97 Å². The van der Waals surface area contributed by atoms with Gasteiger partial charge in [-0.25, -0.2) is 0 Å². The molecule has 0 radical (unpaired) electrons. The van der Waals surface area contributed by atoms with Crippen LogP contribution in [0.25, 0.3) is 0 Å². The molecule has 0 aliphatic carbocycles. The van der Waals surface area contributed by atoms with Crippen molar-refractivity contribution < 1.29 is 23.1 Å². The molecule has 1 N–H and O–H groups in total. The van der Waals surface area contributed by atoms with Crippen molar-refractivity contribution in [2.75, 3.05) is 0 Å². The number of carboxylic acids is 1. The zero-order valence-electron chi connectivity index (χ0n) is 9.51. The summed E-state index contributed by atoms with van der Waals surface area (Å²) < 4.78 is 37.0. The first-order valence-electron chi connectivity index (χ1n) is 5.02. The van der Waals surface area contributed by atoms with E-state index in [0.717, 1.165) is 12.1 Å². The number of rotatable bonds is 3. The van der Waals surface area contributed by atoms with Gasteiger partial charge < -0.3 is 5.11 Å². The monoisotopic (exact) mass is 246 g/mol. The fourth-order valence-electron chi connectivity index (χ4n) is 1.59. The van der Waals surface area contributed by atoms with Gasteiger partial charge in [-0.15, -0.1) is 0 Å². The zero-order valence-corrected chi connectivity index (χ0v) is 9.51. The second-order valence-corrected chi connectivity index (χ2v) is 4.53. The number of aliphatic carboxylic acids is 1. The molecule has 94 valence electrons. The summed E-state index contributed by atoms with van der Waals surface area (Å²) in [4.78, 5) is 10.6. The van der Waals surface area contributed by atoms with Crippen LogP contribution in [0.15, 0.2) is 24.3 Å². The molecule has 0 spiro atoms. The van der Waals surface area contributed by atoms with Crippen molar-refractivity contribution in [2.24, 2.45) is 0 Å². The predicted octanol–water partition coefficient (Wildman–Crippen LogP) is 3.46. The minimum absolute atomic E-state index is 0.127. The molecule has 0 aromatic heterocycles. The highest BCUT2D eigenvalue weighted by molar-refractivity contribution is 5.68. The van der Waals surface area contributed by atoms with Crippen LogP contribution in [0.2, 0.25) is 0 Å². The Morgan fingerprint density at radius 2 is 1.53 bits per heavy atom. The Bertz CT molecular complexity index is 405. The molecule has 0 amide bonds. The summed E-state index contributed by atoms with van der Waals surface area (Å²) in [5.41, 5.74) is -0.837. The highest BCUT2D eigenvalue weighted by Gasteiger charge is 2.31. The van der Waals surface area contributed by atoms with Gasteiger partial charge in [-0.1, -0.05) is 26.0 Å². The Hall–Kier alpha value is -1.52. The molecule has 0 heterocycles. The van der Waals surface area contributed by atoms with E-state index in [1.807, 2.05) is 0 Å². The lowest BCUT2D eigenvalue weighted by Crippen LogP contribution is -2.21. The minimum Gasteiger partial charge on any atom is -0.481 e. The molecule has 0 unspecified atom stereocenters. The van der Waals surface area contributed by atoms with E-state index in [2.05, 4.69) is 0 Å². The van der Waals surface area contributed by atoms with Crippen LogP contribution in [0.1, 0.15) is 31.4 Å². The van der Waals surface area contributed by atoms with Gasteiger partial charge in [0.05, 0.1) is 12.0 Å². The number of halogens is 3. The van der Waals surface area contributed by atoms with Crippen LogP contribution in [0.5, 0.6) is 0 Å². The topological polar surface area (TPSA) is 37.3 Å². The largest absolute Gasteiger partial charge is 0.481 e. The van der Waals surface area contributed by atoms with Crippen LogP contribution in [0.3, 0.4) is 0 Å². The number of benzene rings is 1. The Labute approximate surface area is 97.1 Å². The smallest absolute Gasteiger partial charge is 0.416 e. The third-order valence-electron chi connectivity index (χ3n) is 2.59. The van der Waals surface area contributed by atoms with Gasteiger partial charge in [0, 0.05) is 5.41 Å². The summed E-state index contributed by atoms with van der Waals surface area (Å²) in [5.74, 6) is -0.977. The fourth-order valence-corrected chi connectivity index (χ4v) is 1.59. The number of hydrogen-bond donors (Lipinski definition) is 1. The van der Waals surface area contributed by atoms with Gasteiger partial charge in [0.25, 0.3) is 0 Å². The van der Waals surface area contributed by atoms with Gasteiger partial charge in [-0.2, -0.15) is 13.2 Å². The van der Waals surface area contributed by atoms with Crippen molar-refractivity contribution in [3.05, 3.63) is 35.4 Å². The standard InChI is InChI=1S/C12H13F3O2/c1-11(2,7-10(16)17)8-3-5-9(6-4-8)12(13,14)15/h3-6H,7H2,1-2H3,(H,16,17). The molecule has 0 atom stereocenters. The molecule has 0 saturated carbocycles. The first-order chi connectivity index (χ1) is 7.63. The van der Waals surface area contributed by atoms with E-state index in [1.165, 1.54) is 12.1 Å². The van der Waals surface area contributed by atoms with Crippen molar-refractivity contribution in [1.29, 1.82) is 0 Å². The molecule has 0 fully saturated rings. The Morgan fingerprint density at radius 3 is 1.88 bits per heavy atom. The molecule has 17 heavy (non-hydrogen) atoms. The van der Waals surface area contributed by atoms with Crippen molar-refractivity contribution in [1.82, 2.24) is 0 Å². The quantitative estimate of drug-likeness (QED) is 0.886. The maximum atomic E-state index is 12.3. The molecule has 0 saturated heterocycles. The molecular formula is C12H13F3O2. The summed E-state index contributed by atoms with van der Waals surface area (Å²) in [5, 5.41) is 8.71. The van der Waals surface area contributed by atoms with Gasteiger partial charge in [-0.3, -0.25) is 4.79 Å². The van der Waals surface area contributed by atoms with E-state index in [9.17, 15) is 18.0 Å². The third-order valence-corrected chi connectivity index (χ3v) is 2.59. The Kier molecular flexibility index (Phi) is 3.50. The second-order valence-electron chi connectivity index (χ2n) is 4.53. The average Bonchev–Trinajstić information content (AvgIpc) is 2.14. The molecular weight excluding hydrogens is 233 g/mol. The van der Waals surface area contributed by atoms with E-state index >= 15 is 0 Å². The molecule has 1 rings (SSSR count). The average molecular weight is 246 g/mol. The SMILES string of the molecule is CC(C)(CC(=O)O)c1ccc(C(F)(F)F)cc1. The van der Waals surface area contributed by atoms with Crippen LogP contribution >= 0.6 is 0 Å². The Morgan fingerprint density at radius 1 is 1.12 bits per heavy atom. The summed E-state index contributed by atoms with van der Waals surface area (Å²) in [7, 11) is 0. The Balaban J connectivity index is 2.98. The summed E-state index contributed by atoms with van der Waals surface area (Å²) in [6.45, 7) is 3.37. The molecule has 0 aliphatic rings. The second kappa shape index (κ2) is 4.39.